The highest BCUT2D eigenvalue weighted by Gasteiger charge is 2.10. The van der Waals surface area contributed by atoms with Crippen molar-refractivity contribution in [1.82, 2.24) is 0 Å². The highest BCUT2D eigenvalue weighted by Crippen LogP contribution is 2.24. The summed E-state index contributed by atoms with van der Waals surface area (Å²) in [6.07, 6.45) is 0. The number of amides is 1. The Morgan fingerprint density at radius 2 is 1.85 bits per heavy atom. The van der Waals surface area contributed by atoms with Gasteiger partial charge >= 0.3 is 0 Å². The van der Waals surface area contributed by atoms with Gasteiger partial charge in [-0.2, -0.15) is 0 Å². The van der Waals surface area contributed by atoms with Gasteiger partial charge in [0, 0.05) is 18.3 Å². The molecule has 0 saturated heterocycles. The zero-order chi connectivity index (χ0) is 14.5. The van der Waals surface area contributed by atoms with Crippen LogP contribution in [0.5, 0.6) is 5.75 Å². The van der Waals surface area contributed by atoms with Crippen LogP contribution in [0, 0.1) is 6.92 Å². The van der Waals surface area contributed by atoms with E-state index >= 15 is 0 Å². The van der Waals surface area contributed by atoms with Crippen LogP contribution < -0.4 is 15.4 Å². The van der Waals surface area contributed by atoms with Crippen molar-refractivity contribution in [3.63, 3.8) is 0 Å². The Labute approximate surface area is 118 Å². The Balaban J connectivity index is 2.22. The number of benzene rings is 2. The molecule has 2 N–H and O–H groups in total. The standard InChI is InChI=1S/C16H18N2O2/c1-11-10-12(8-9-13(11)17-2)16(19)18-14-6-4-5-7-15(14)20-3/h4-10,17H,1-3H3,(H,18,19). The zero-order valence-corrected chi connectivity index (χ0v) is 11.9. The number of aryl methyl sites for hydroxylation is 1. The molecule has 0 aliphatic carbocycles. The first-order valence-electron chi connectivity index (χ1n) is 6.38. The molecule has 4 heteroatoms. The fraction of sp³-hybridized carbons (Fsp3) is 0.188. The lowest BCUT2D eigenvalue weighted by Gasteiger charge is -2.11. The van der Waals surface area contributed by atoms with Gasteiger partial charge in [0.1, 0.15) is 5.75 Å². The molecular formula is C16H18N2O2. The van der Waals surface area contributed by atoms with Crippen LogP contribution in [0.2, 0.25) is 0 Å². The molecule has 0 aliphatic rings. The predicted molar refractivity (Wildman–Crippen MR) is 81.7 cm³/mol. The Kier molecular flexibility index (Phi) is 4.25. The van der Waals surface area contributed by atoms with Crippen molar-refractivity contribution in [2.24, 2.45) is 0 Å². The fourth-order valence-corrected chi connectivity index (χ4v) is 2.03. The van der Waals surface area contributed by atoms with Gasteiger partial charge < -0.3 is 15.4 Å². The number of methoxy groups -OCH3 is 1. The smallest absolute Gasteiger partial charge is 0.255 e. The summed E-state index contributed by atoms with van der Waals surface area (Å²) in [6.45, 7) is 1.96. The lowest BCUT2D eigenvalue weighted by molar-refractivity contribution is 0.102. The maximum atomic E-state index is 12.2. The fourth-order valence-electron chi connectivity index (χ4n) is 2.03. The average molecular weight is 270 g/mol. The molecule has 2 aromatic carbocycles. The molecule has 0 aromatic heterocycles. The summed E-state index contributed by atoms with van der Waals surface area (Å²) in [5.74, 6) is 0.490. The van der Waals surface area contributed by atoms with E-state index in [0.717, 1.165) is 11.3 Å². The maximum Gasteiger partial charge on any atom is 0.255 e. The molecule has 0 fully saturated rings. The van der Waals surface area contributed by atoms with Gasteiger partial charge in [-0.25, -0.2) is 0 Å². The molecule has 0 saturated carbocycles. The monoisotopic (exact) mass is 270 g/mol. The number of anilines is 2. The van der Waals surface area contributed by atoms with E-state index in [9.17, 15) is 4.79 Å². The summed E-state index contributed by atoms with van der Waals surface area (Å²) < 4.78 is 5.22. The molecule has 104 valence electrons. The second-order valence-electron chi connectivity index (χ2n) is 4.43. The van der Waals surface area contributed by atoms with Crippen molar-refractivity contribution in [3.8, 4) is 5.75 Å². The highest BCUT2D eigenvalue weighted by molar-refractivity contribution is 6.05. The van der Waals surface area contributed by atoms with Gasteiger partial charge in [-0.15, -0.1) is 0 Å². The first-order valence-corrected chi connectivity index (χ1v) is 6.38. The summed E-state index contributed by atoms with van der Waals surface area (Å²) >= 11 is 0. The maximum absolute atomic E-state index is 12.2. The van der Waals surface area contributed by atoms with Crippen LogP contribution in [0.1, 0.15) is 15.9 Å². The topological polar surface area (TPSA) is 50.4 Å². The van der Waals surface area contributed by atoms with Gasteiger partial charge in [-0.05, 0) is 42.8 Å². The third kappa shape index (κ3) is 2.91. The molecule has 0 atom stereocenters. The highest BCUT2D eigenvalue weighted by atomic mass is 16.5. The van der Waals surface area contributed by atoms with E-state index in [2.05, 4.69) is 10.6 Å². The number of hydrogen-bond donors (Lipinski definition) is 2. The van der Waals surface area contributed by atoms with Crippen LogP contribution in [-0.2, 0) is 0 Å². The third-order valence-corrected chi connectivity index (χ3v) is 3.11. The average Bonchev–Trinajstić information content (AvgIpc) is 2.47. The number of nitrogens with one attached hydrogen (secondary N) is 2. The van der Waals surface area contributed by atoms with E-state index in [1.807, 2.05) is 50.4 Å². The Hall–Kier alpha value is -2.49. The van der Waals surface area contributed by atoms with Crippen LogP contribution in [0.25, 0.3) is 0 Å². The Morgan fingerprint density at radius 3 is 2.50 bits per heavy atom. The predicted octanol–water partition coefficient (Wildman–Crippen LogP) is 3.30. The minimum absolute atomic E-state index is 0.153. The number of carbonyl (C=O) groups is 1. The van der Waals surface area contributed by atoms with Crippen LogP contribution in [0.3, 0.4) is 0 Å². The van der Waals surface area contributed by atoms with Gasteiger partial charge in [0.15, 0.2) is 0 Å². The van der Waals surface area contributed by atoms with Crippen LogP contribution in [-0.4, -0.2) is 20.1 Å². The first-order chi connectivity index (χ1) is 9.65. The molecule has 0 spiro atoms. The van der Waals surface area contributed by atoms with E-state index in [-0.39, 0.29) is 5.91 Å². The number of para-hydroxylation sites is 2. The number of ether oxygens (including phenoxy) is 1. The summed E-state index contributed by atoms with van der Waals surface area (Å²) in [6, 6.07) is 12.9. The van der Waals surface area contributed by atoms with Crippen LogP contribution in [0.15, 0.2) is 42.5 Å². The van der Waals surface area contributed by atoms with Crippen LogP contribution >= 0.6 is 0 Å². The van der Waals surface area contributed by atoms with Crippen molar-refractivity contribution in [3.05, 3.63) is 53.6 Å². The van der Waals surface area contributed by atoms with Gasteiger partial charge in [-0.1, -0.05) is 12.1 Å². The minimum atomic E-state index is -0.153. The second-order valence-corrected chi connectivity index (χ2v) is 4.43. The quantitative estimate of drug-likeness (QED) is 0.896. The Morgan fingerprint density at radius 1 is 1.10 bits per heavy atom. The molecule has 1 amide bonds. The number of hydrogen-bond acceptors (Lipinski definition) is 3. The van der Waals surface area contributed by atoms with Crippen molar-refractivity contribution in [2.45, 2.75) is 6.92 Å². The molecule has 0 heterocycles. The molecule has 2 aromatic rings. The van der Waals surface area contributed by atoms with Gasteiger partial charge in [-0.3, -0.25) is 4.79 Å². The van der Waals surface area contributed by atoms with E-state index < -0.39 is 0 Å². The molecule has 2 rings (SSSR count). The van der Waals surface area contributed by atoms with E-state index in [4.69, 9.17) is 4.74 Å². The van der Waals surface area contributed by atoms with Gasteiger partial charge in [0.05, 0.1) is 12.8 Å². The summed E-state index contributed by atoms with van der Waals surface area (Å²) in [4.78, 5) is 12.2. The molecular weight excluding hydrogens is 252 g/mol. The largest absolute Gasteiger partial charge is 0.495 e. The van der Waals surface area contributed by atoms with Crippen molar-refractivity contribution in [2.75, 3.05) is 24.8 Å². The van der Waals surface area contributed by atoms with E-state index in [1.165, 1.54) is 0 Å². The molecule has 0 aliphatic heterocycles. The van der Waals surface area contributed by atoms with Gasteiger partial charge in [0.2, 0.25) is 0 Å². The second kappa shape index (κ2) is 6.10. The van der Waals surface area contributed by atoms with Crippen molar-refractivity contribution >= 4 is 17.3 Å². The van der Waals surface area contributed by atoms with Crippen LogP contribution in [0.4, 0.5) is 11.4 Å². The molecule has 0 bridgehead atoms. The molecule has 4 nitrogen and oxygen atoms in total. The molecule has 0 unspecified atom stereocenters. The van der Waals surface area contributed by atoms with E-state index in [1.54, 1.807) is 13.2 Å². The first kappa shape index (κ1) is 13.9. The number of rotatable bonds is 4. The van der Waals surface area contributed by atoms with E-state index in [0.29, 0.717) is 17.0 Å². The van der Waals surface area contributed by atoms with Crippen molar-refractivity contribution in [1.29, 1.82) is 0 Å². The zero-order valence-electron chi connectivity index (χ0n) is 11.9. The lowest BCUT2D eigenvalue weighted by Crippen LogP contribution is -2.13. The normalized spacial score (nSPS) is 9.95. The third-order valence-electron chi connectivity index (χ3n) is 3.11. The molecule has 0 radical (unpaired) electrons. The summed E-state index contributed by atoms with van der Waals surface area (Å²) in [5, 5.41) is 5.94. The molecule has 20 heavy (non-hydrogen) atoms. The lowest BCUT2D eigenvalue weighted by atomic mass is 10.1. The minimum Gasteiger partial charge on any atom is -0.495 e. The summed E-state index contributed by atoms with van der Waals surface area (Å²) in [5.41, 5.74) is 3.32. The Bertz CT molecular complexity index is 624. The number of carbonyl (C=O) groups excluding carboxylic acids is 1. The van der Waals surface area contributed by atoms with Gasteiger partial charge in [0.25, 0.3) is 5.91 Å². The SMILES string of the molecule is CNc1ccc(C(=O)Nc2ccccc2OC)cc1C. The summed E-state index contributed by atoms with van der Waals surface area (Å²) in [7, 11) is 3.44. The van der Waals surface area contributed by atoms with Crippen molar-refractivity contribution < 1.29 is 9.53 Å².